The van der Waals surface area contributed by atoms with Gasteiger partial charge in [0.05, 0.1) is 6.54 Å². The molecule has 0 unspecified atom stereocenters. The summed E-state index contributed by atoms with van der Waals surface area (Å²) in [6.07, 6.45) is 4.06. The predicted octanol–water partition coefficient (Wildman–Crippen LogP) is 1.95. The monoisotopic (exact) mass is 294 g/mol. The highest BCUT2D eigenvalue weighted by atomic mass is 16.2. The van der Waals surface area contributed by atoms with Crippen LogP contribution >= 0.6 is 0 Å². The van der Waals surface area contributed by atoms with E-state index in [-0.39, 0.29) is 5.69 Å². The van der Waals surface area contributed by atoms with Crippen LogP contribution in [0.5, 0.6) is 0 Å². The lowest BCUT2D eigenvalue weighted by molar-refractivity contribution is 0.564. The number of hydrogen-bond donors (Lipinski definition) is 0. The van der Waals surface area contributed by atoms with Gasteiger partial charge < -0.3 is 4.90 Å². The van der Waals surface area contributed by atoms with Crippen LogP contribution in [0.25, 0.3) is 5.65 Å². The normalized spacial score (nSPS) is 14.3. The number of para-hydroxylation sites is 1. The first kappa shape index (κ1) is 13.1. The fourth-order valence-electron chi connectivity index (χ4n) is 3.17. The Balaban J connectivity index is 1.58. The fourth-order valence-corrected chi connectivity index (χ4v) is 3.17. The van der Waals surface area contributed by atoms with Crippen LogP contribution in [0.4, 0.5) is 5.69 Å². The molecule has 5 nitrogen and oxygen atoms in total. The summed E-state index contributed by atoms with van der Waals surface area (Å²) in [5, 5.41) is 4.39. The molecule has 5 heteroatoms. The number of benzene rings is 1. The Kier molecular flexibility index (Phi) is 3.18. The number of pyridine rings is 1. The zero-order valence-corrected chi connectivity index (χ0v) is 12.4. The van der Waals surface area contributed by atoms with E-state index in [1.165, 1.54) is 11.3 Å². The van der Waals surface area contributed by atoms with E-state index in [4.69, 9.17) is 0 Å². The molecule has 0 spiro atoms. The summed E-state index contributed by atoms with van der Waals surface area (Å²) in [7, 11) is 0. The summed E-state index contributed by atoms with van der Waals surface area (Å²) < 4.78 is 3.15. The van der Waals surface area contributed by atoms with Crippen molar-refractivity contribution in [3.05, 3.63) is 64.7 Å². The molecule has 1 aromatic carbocycles. The minimum Gasteiger partial charge on any atom is -0.369 e. The van der Waals surface area contributed by atoms with Crippen molar-refractivity contribution in [2.75, 3.05) is 18.0 Å². The summed E-state index contributed by atoms with van der Waals surface area (Å²) in [6, 6.07) is 14.1. The second-order valence-corrected chi connectivity index (χ2v) is 5.65. The number of anilines is 1. The number of hydrogen-bond acceptors (Lipinski definition) is 3. The van der Waals surface area contributed by atoms with Crippen molar-refractivity contribution in [2.45, 2.75) is 19.4 Å². The Hall–Kier alpha value is -2.56. The SMILES string of the molecule is O=c1n(CCN2CCCc3ccccc32)nc2ccccn12. The standard InChI is InChI=1S/C17H18N4O/c22-17-20-11-4-3-9-16(20)18-21(17)13-12-19-10-5-7-14-6-1-2-8-15(14)19/h1-4,6,8-9,11H,5,7,10,12-13H2. The first-order valence-electron chi connectivity index (χ1n) is 7.70. The van der Waals surface area contributed by atoms with Crippen LogP contribution in [-0.2, 0) is 13.0 Å². The third-order valence-corrected chi connectivity index (χ3v) is 4.28. The fraction of sp³-hybridized carbons (Fsp3) is 0.294. The molecule has 0 atom stereocenters. The number of rotatable bonds is 3. The second kappa shape index (κ2) is 5.33. The largest absolute Gasteiger partial charge is 0.369 e. The lowest BCUT2D eigenvalue weighted by Gasteiger charge is -2.31. The van der Waals surface area contributed by atoms with Gasteiger partial charge in [0.2, 0.25) is 0 Å². The highest BCUT2D eigenvalue weighted by Crippen LogP contribution is 2.26. The van der Waals surface area contributed by atoms with Gasteiger partial charge in [-0.05, 0) is 36.6 Å². The van der Waals surface area contributed by atoms with E-state index in [0.29, 0.717) is 12.2 Å². The minimum absolute atomic E-state index is 0.0686. The molecule has 3 aromatic rings. The molecule has 0 N–H and O–H groups in total. The van der Waals surface area contributed by atoms with E-state index in [1.54, 1.807) is 15.3 Å². The minimum atomic E-state index is -0.0686. The number of fused-ring (bicyclic) bond motifs is 2. The highest BCUT2D eigenvalue weighted by Gasteiger charge is 2.16. The van der Waals surface area contributed by atoms with E-state index >= 15 is 0 Å². The third kappa shape index (κ3) is 2.19. The van der Waals surface area contributed by atoms with Crippen molar-refractivity contribution in [3.8, 4) is 0 Å². The van der Waals surface area contributed by atoms with Gasteiger partial charge in [-0.2, -0.15) is 0 Å². The average Bonchev–Trinajstić information content (AvgIpc) is 2.89. The Morgan fingerprint density at radius 2 is 1.91 bits per heavy atom. The van der Waals surface area contributed by atoms with Crippen LogP contribution in [0.2, 0.25) is 0 Å². The van der Waals surface area contributed by atoms with Crippen molar-refractivity contribution < 1.29 is 0 Å². The maximum atomic E-state index is 12.3. The number of aryl methyl sites for hydroxylation is 1. The van der Waals surface area contributed by atoms with Crippen LogP contribution in [0.1, 0.15) is 12.0 Å². The lowest BCUT2D eigenvalue weighted by Crippen LogP contribution is -2.34. The van der Waals surface area contributed by atoms with E-state index in [1.807, 2.05) is 18.2 Å². The molecular weight excluding hydrogens is 276 g/mol. The highest BCUT2D eigenvalue weighted by molar-refractivity contribution is 5.55. The molecule has 112 valence electrons. The molecule has 0 radical (unpaired) electrons. The van der Waals surface area contributed by atoms with Gasteiger partial charge in [-0.15, -0.1) is 5.10 Å². The summed E-state index contributed by atoms with van der Waals surface area (Å²) in [6.45, 7) is 2.45. The van der Waals surface area contributed by atoms with Crippen molar-refractivity contribution in [3.63, 3.8) is 0 Å². The van der Waals surface area contributed by atoms with Crippen LogP contribution in [0, 0.1) is 0 Å². The topological polar surface area (TPSA) is 42.5 Å². The van der Waals surface area contributed by atoms with Crippen LogP contribution < -0.4 is 10.6 Å². The quantitative estimate of drug-likeness (QED) is 0.741. The molecule has 0 amide bonds. The second-order valence-electron chi connectivity index (χ2n) is 5.65. The van der Waals surface area contributed by atoms with Crippen molar-refractivity contribution in [1.82, 2.24) is 14.2 Å². The van der Waals surface area contributed by atoms with E-state index in [0.717, 1.165) is 25.9 Å². The van der Waals surface area contributed by atoms with E-state index in [2.05, 4.69) is 34.3 Å². The molecule has 4 rings (SSSR count). The zero-order chi connectivity index (χ0) is 14.9. The summed E-state index contributed by atoms with van der Waals surface area (Å²) in [4.78, 5) is 14.6. The Bertz CT molecular complexity index is 864. The van der Waals surface area contributed by atoms with Gasteiger partial charge in [-0.25, -0.2) is 9.48 Å². The van der Waals surface area contributed by atoms with Gasteiger partial charge in [-0.1, -0.05) is 24.3 Å². The van der Waals surface area contributed by atoms with Crippen LogP contribution in [-0.4, -0.2) is 27.3 Å². The Labute approximate surface area is 128 Å². The van der Waals surface area contributed by atoms with Crippen molar-refractivity contribution in [1.29, 1.82) is 0 Å². The van der Waals surface area contributed by atoms with Gasteiger partial charge in [-0.3, -0.25) is 4.40 Å². The molecule has 3 heterocycles. The van der Waals surface area contributed by atoms with Gasteiger partial charge in [0.25, 0.3) is 0 Å². The summed E-state index contributed by atoms with van der Waals surface area (Å²) in [5.74, 6) is 0. The number of aromatic nitrogens is 3. The first-order valence-corrected chi connectivity index (χ1v) is 7.70. The van der Waals surface area contributed by atoms with Gasteiger partial charge in [0.1, 0.15) is 0 Å². The first-order chi connectivity index (χ1) is 10.8. The summed E-state index contributed by atoms with van der Waals surface area (Å²) >= 11 is 0. The van der Waals surface area contributed by atoms with Crippen LogP contribution in [0.3, 0.4) is 0 Å². The Morgan fingerprint density at radius 1 is 1.05 bits per heavy atom. The lowest BCUT2D eigenvalue weighted by atomic mass is 10.0. The molecule has 0 saturated heterocycles. The van der Waals surface area contributed by atoms with E-state index < -0.39 is 0 Å². The maximum Gasteiger partial charge on any atom is 0.350 e. The zero-order valence-electron chi connectivity index (χ0n) is 12.4. The van der Waals surface area contributed by atoms with E-state index in [9.17, 15) is 4.79 Å². The average molecular weight is 294 g/mol. The molecule has 0 bridgehead atoms. The molecule has 0 saturated carbocycles. The van der Waals surface area contributed by atoms with Gasteiger partial charge in [0.15, 0.2) is 5.65 Å². The maximum absolute atomic E-state index is 12.3. The number of nitrogens with zero attached hydrogens (tertiary/aromatic N) is 4. The molecule has 2 aromatic heterocycles. The molecule has 1 aliphatic heterocycles. The molecule has 0 aliphatic carbocycles. The van der Waals surface area contributed by atoms with Crippen molar-refractivity contribution >= 4 is 11.3 Å². The van der Waals surface area contributed by atoms with Gasteiger partial charge in [0, 0.05) is 25.0 Å². The van der Waals surface area contributed by atoms with Crippen molar-refractivity contribution in [2.24, 2.45) is 0 Å². The van der Waals surface area contributed by atoms with Crippen LogP contribution in [0.15, 0.2) is 53.5 Å². The molecule has 1 aliphatic rings. The van der Waals surface area contributed by atoms with Gasteiger partial charge >= 0.3 is 5.69 Å². The Morgan fingerprint density at radius 3 is 2.82 bits per heavy atom. The third-order valence-electron chi connectivity index (χ3n) is 4.28. The molecule has 0 fully saturated rings. The summed E-state index contributed by atoms with van der Waals surface area (Å²) in [5.41, 5.74) is 3.33. The smallest absolute Gasteiger partial charge is 0.350 e. The molecule has 22 heavy (non-hydrogen) atoms. The predicted molar refractivity (Wildman–Crippen MR) is 86.4 cm³/mol. The molecular formula is C17H18N4O.